The fourth-order valence-corrected chi connectivity index (χ4v) is 4.53. The lowest BCUT2D eigenvalue weighted by atomic mass is 10.0. The number of aromatic nitrogens is 3. The Morgan fingerprint density at radius 1 is 0.939 bits per heavy atom. The molecule has 0 N–H and O–H groups in total. The molecule has 5 rings (SSSR count). The van der Waals surface area contributed by atoms with Crippen molar-refractivity contribution in [3.05, 3.63) is 82.2 Å². The van der Waals surface area contributed by atoms with Gasteiger partial charge in [0.05, 0.1) is 18.8 Å². The summed E-state index contributed by atoms with van der Waals surface area (Å²) in [7, 11) is 0. The summed E-state index contributed by atoms with van der Waals surface area (Å²) in [6.45, 7) is 6.71. The van der Waals surface area contributed by atoms with E-state index in [1.54, 1.807) is 9.58 Å². The van der Waals surface area contributed by atoms with Gasteiger partial charge in [-0.05, 0) is 31.0 Å². The van der Waals surface area contributed by atoms with Crippen LogP contribution < -0.4 is 0 Å². The Bertz CT molecular complexity index is 1180. The molecule has 2 aliphatic rings. The maximum atomic E-state index is 13.2. The van der Waals surface area contributed by atoms with Crippen molar-refractivity contribution in [3.63, 3.8) is 0 Å². The molecular formula is C25H27N5O3. The monoisotopic (exact) mass is 445 g/mol. The van der Waals surface area contributed by atoms with E-state index in [2.05, 4.69) is 10.3 Å². The quantitative estimate of drug-likeness (QED) is 0.619. The highest BCUT2D eigenvalue weighted by Crippen LogP contribution is 2.27. The Morgan fingerprint density at radius 2 is 1.64 bits per heavy atom. The minimum Gasteiger partial charge on any atom is -0.365 e. The fraction of sp³-hybridized carbons (Fsp3) is 0.360. The maximum absolute atomic E-state index is 13.2. The average molecular weight is 446 g/mol. The molecule has 1 atom stereocenters. The molecule has 2 amide bonds. The number of hydrogen-bond donors (Lipinski definition) is 0. The second-order valence-electron chi connectivity index (χ2n) is 8.68. The number of carbonyl (C=O) groups excluding carboxylic acids is 2. The van der Waals surface area contributed by atoms with Gasteiger partial charge in [-0.25, -0.2) is 4.68 Å². The summed E-state index contributed by atoms with van der Waals surface area (Å²) >= 11 is 0. The van der Waals surface area contributed by atoms with Crippen LogP contribution in [0.15, 0.2) is 48.5 Å². The molecule has 33 heavy (non-hydrogen) atoms. The van der Waals surface area contributed by atoms with E-state index in [9.17, 15) is 9.59 Å². The number of benzene rings is 2. The molecule has 2 aliphatic heterocycles. The third-order valence-electron chi connectivity index (χ3n) is 6.44. The smallest absolute Gasteiger partial charge is 0.276 e. The van der Waals surface area contributed by atoms with E-state index >= 15 is 0 Å². The third-order valence-corrected chi connectivity index (χ3v) is 6.44. The summed E-state index contributed by atoms with van der Waals surface area (Å²) in [5.74, 6) is -0.141. The average Bonchev–Trinajstić information content (AvgIpc) is 3.27. The van der Waals surface area contributed by atoms with E-state index in [1.807, 2.05) is 67.3 Å². The van der Waals surface area contributed by atoms with Gasteiger partial charge in [-0.2, -0.15) is 0 Å². The van der Waals surface area contributed by atoms with E-state index in [0.717, 1.165) is 22.3 Å². The lowest BCUT2D eigenvalue weighted by Crippen LogP contribution is -2.51. The number of carbonyl (C=O) groups is 2. The summed E-state index contributed by atoms with van der Waals surface area (Å²) in [6.07, 6.45) is -0.108. The Balaban J connectivity index is 1.23. The first-order chi connectivity index (χ1) is 16.0. The summed E-state index contributed by atoms with van der Waals surface area (Å²) in [4.78, 5) is 29.7. The van der Waals surface area contributed by atoms with Gasteiger partial charge in [-0.15, -0.1) is 5.10 Å². The number of aryl methyl sites for hydroxylation is 2. The van der Waals surface area contributed by atoms with Crippen LogP contribution in [0.4, 0.5) is 0 Å². The number of nitrogens with zero attached hydrogens (tertiary/aromatic N) is 5. The number of hydrogen-bond acceptors (Lipinski definition) is 5. The van der Waals surface area contributed by atoms with Gasteiger partial charge in [-0.1, -0.05) is 53.2 Å². The van der Waals surface area contributed by atoms with Gasteiger partial charge in [-0.3, -0.25) is 9.59 Å². The third kappa shape index (κ3) is 4.14. The molecule has 0 saturated carbocycles. The van der Waals surface area contributed by atoms with Crippen LogP contribution in [0.1, 0.15) is 49.3 Å². The zero-order chi connectivity index (χ0) is 22.9. The van der Waals surface area contributed by atoms with Crippen molar-refractivity contribution in [2.45, 2.75) is 33.1 Å². The molecule has 170 valence electrons. The van der Waals surface area contributed by atoms with Gasteiger partial charge < -0.3 is 14.5 Å². The van der Waals surface area contributed by atoms with Crippen LogP contribution in [-0.2, 0) is 17.9 Å². The zero-order valence-corrected chi connectivity index (χ0v) is 18.9. The molecule has 3 heterocycles. The fourth-order valence-electron chi connectivity index (χ4n) is 4.53. The standard InChI is InChI=1S/C25H27N5O3/c1-17-8-9-20(18(2)14-17)24(31)28-10-12-29(13-11-28)25(32)23-21-16-33-22(15-30(21)27-26-23)19-6-4-3-5-7-19/h3-9,14,22H,10-13,15-16H2,1-2H3. The van der Waals surface area contributed by atoms with E-state index in [4.69, 9.17) is 4.74 Å². The molecule has 1 aromatic heterocycles. The van der Waals surface area contributed by atoms with Crippen molar-refractivity contribution in [1.29, 1.82) is 0 Å². The van der Waals surface area contributed by atoms with Crippen molar-refractivity contribution in [1.82, 2.24) is 24.8 Å². The highest BCUT2D eigenvalue weighted by molar-refractivity contribution is 5.96. The first-order valence-corrected chi connectivity index (χ1v) is 11.3. The highest BCUT2D eigenvalue weighted by atomic mass is 16.5. The first-order valence-electron chi connectivity index (χ1n) is 11.3. The second-order valence-corrected chi connectivity index (χ2v) is 8.68. The lowest BCUT2D eigenvalue weighted by Gasteiger charge is -2.35. The maximum Gasteiger partial charge on any atom is 0.276 e. The van der Waals surface area contributed by atoms with Gasteiger partial charge in [0, 0.05) is 31.7 Å². The Morgan fingerprint density at radius 3 is 2.33 bits per heavy atom. The first kappa shape index (κ1) is 21.3. The summed E-state index contributed by atoms with van der Waals surface area (Å²) < 4.78 is 7.79. The SMILES string of the molecule is Cc1ccc(C(=O)N2CCN(C(=O)c3nnn4c3COC(c3ccccc3)C4)CC2)c(C)c1. The molecule has 2 aromatic carbocycles. The molecule has 1 unspecified atom stereocenters. The van der Waals surface area contributed by atoms with Crippen LogP contribution in [0.2, 0.25) is 0 Å². The van der Waals surface area contributed by atoms with Crippen molar-refractivity contribution < 1.29 is 14.3 Å². The van der Waals surface area contributed by atoms with E-state index in [0.29, 0.717) is 50.7 Å². The molecule has 0 aliphatic carbocycles. The van der Waals surface area contributed by atoms with Crippen molar-refractivity contribution in [2.75, 3.05) is 26.2 Å². The summed E-state index contributed by atoms with van der Waals surface area (Å²) in [6, 6.07) is 15.8. The predicted molar refractivity (Wildman–Crippen MR) is 122 cm³/mol. The predicted octanol–water partition coefficient (Wildman–Crippen LogP) is 2.76. The Hall–Kier alpha value is -3.52. The second kappa shape index (κ2) is 8.78. The molecule has 0 radical (unpaired) electrons. The van der Waals surface area contributed by atoms with Gasteiger partial charge in [0.1, 0.15) is 6.10 Å². The van der Waals surface area contributed by atoms with Gasteiger partial charge >= 0.3 is 0 Å². The molecule has 8 heteroatoms. The minimum absolute atomic E-state index is 0.0148. The largest absolute Gasteiger partial charge is 0.365 e. The lowest BCUT2D eigenvalue weighted by molar-refractivity contribution is -0.00202. The molecular weight excluding hydrogens is 418 g/mol. The zero-order valence-electron chi connectivity index (χ0n) is 18.9. The van der Waals surface area contributed by atoms with Crippen LogP contribution in [0.25, 0.3) is 0 Å². The molecule has 8 nitrogen and oxygen atoms in total. The molecule has 0 bridgehead atoms. The number of rotatable bonds is 3. The molecule has 1 fully saturated rings. The summed E-state index contributed by atoms with van der Waals surface area (Å²) in [5.41, 5.74) is 4.96. The molecule has 1 saturated heterocycles. The van der Waals surface area contributed by atoms with Crippen molar-refractivity contribution in [2.24, 2.45) is 0 Å². The van der Waals surface area contributed by atoms with Crippen molar-refractivity contribution >= 4 is 11.8 Å². The number of piperazine rings is 1. The van der Waals surface area contributed by atoms with Crippen LogP contribution in [-0.4, -0.2) is 62.8 Å². The van der Waals surface area contributed by atoms with E-state index < -0.39 is 0 Å². The van der Waals surface area contributed by atoms with E-state index in [1.165, 1.54) is 0 Å². The minimum atomic E-state index is -0.156. The van der Waals surface area contributed by atoms with E-state index in [-0.39, 0.29) is 17.9 Å². The summed E-state index contributed by atoms with van der Waals surface area (Å²) in [5, 5.41) is 8.41. The number of amides is 2. The topological polar surface area (TPSA) is 80.6 Å². The van der Waals surface area contributed by atoms with Crippen LogP contribution in [0, 0.1) is 13.8 Å². The molecule has 0 spiro atoms. The number of fused-ring (bicyclic) bond motifs is 1. The van der Waals surface area contributed by atoms with Gasteiger partial charge in [0.25, 0.3) is 11.8 Å². The normalized spacial score (nSPS) is 18.2. The van der Waals surface area contributed by atoms with Crippen LogP contribution >= 0.6 is 0 Å². The van der Waals surface area contributed by atoms with Crippen molar-refractivity contribution in [3.8, 4) is 0 Å². The van der Waals surface area contributed by atoms with Crippen LogP contribution in [0.5, 0.6) is 0 Å². The van der Waals surface area contributed by atoms with Gasteiger partial charge in [0.2, 0.25) is 0 Å². The van der Waals surface area contributed by atoms with Gasteiger partial charge in [0.15, 0.2) is 5.69 Å². The highest BCUT2D eigenvalue weighted by Gasteiger charge is 2.32. The number of ether oxygens (including phenoxy) is 1. The Kier molecular flexibility index (Phi) is 5.68. The molecule has 3 aromatic rings. The van der Waals surface area contributed by atoms with Crippen LogP contribution in [0.3, 0.4) is 0 Å². The Labute approximate surface area is 192 Å².